The van der Waals surface area contributed by atoms with Crippen LogP contribution in [0.2, 0.25) is 0 Å². The molecule has 0 fully saturated rings. The highest BCUT2D eigenvalue weighted by molar-refractivity contribution is 7.16. The molecule has 5 rings (SSSR count). The molecule has 0 saturated carbocycles. The van der Waals surface area contributed by atoms with Gasteiger partial charge in [0.15, 0.2) is 0 Å². The molecule has 0 radical (unpaired) electrons. The van der Waals surface area contributed by atoms with E-state index in [9.17, 15) is 4.79 Å². The van der Waals surface area contributed by atoms with Crippen molar-refractivity contribution in [2.45, 2.75) is 5.92 Å². The summed E-state index contributed by atoms with van der Waals surface area (Å²) >= 11 is 1.60. The van der Waals surface area contributed by atoms with Crippen molar-refractivity contribution in [2.24, 2.45) is 0 Å². The molecule has 146 valence electrons. The summed E-state index contributed by atoms with van der Waals surface area (Å²) in [6.45, 7) is 0.527. The van der Waals surface area contributed by atoms with Crippen LogP contribution in [0.5, 0.6) is 0 Å². The number of nitrogens with zero attached hydrogens (tertiary/aromatic N) is 1. The van der Waals surface area contributed by atoms with Gasteiger partial charge in [-0.1, -0.05) is 60.4 Å². The summed E-state index contributed by atoms with van der Waals surface area (Å²) < 4.78 is 6.65. The average molecular weight is 410 g/mol. The average Bonchev–Trinajstić information content (AvgIpc) is 3.37. The van der Waals surface area contributed by atoms with Crippen molar-refractivity contribution < 1.29 is 9.53 Å². The Hall–Kier alpha value is -3.62. The van der Waals surface area contributed by atoms with Crippen LogP contribution in [0.4, 0.5) is 4.79 Å². The predicted octanol–water partition coefficient (Wildman–Crippen LogP) is 5.19. The van der Waals surface area contributed by atoms with E-state index in [2.05, 4.69) is 46.4 Å². The Kier molecular flexibility index (Phi) is 4.92. The molecule has 1 aliphatic rings. The van der Waals surface area contributed by atoms with Gasteiger partial charge in [-0.05, 0) is 40.5 Å². The summed E-state index contributed by atoms with van der Waals surface area (Å²) in [4.78, 5) is 16.5. The van der Waals surface area contributed by atoms with Gasteiger partial charge >= 0.3 is 6.09 Å². The van der Waals surface area contributed by atoms with Gasteiger partial charge in [0.2, 0.25) is 0 Å². The number of hydrogen-bond donors (Lipinski definition) is 1. The third-order valence-corrected chi connectivity index (χ3v) is 6.04. The highest BCUT2D eigenvalue weighted by Crippen LogP contribution is 2.44. The van der Waals surface area contributed by atoms with Gasteiger partial charge in [-0.25, -0.2) is 9.78 Å². The first-order chi connectivity index (χ1) is 14.8. The van der Waals surface area contributed by atoms with Crippen LogP contribution in [0.3, 0.4) is 0 Å². The molecule has 1 heterocycles. The topological polar surface area (TPSA) is 51.2 Å². The number of ether oxygens (including phenoxy) is 1. The third kappa shape index (κ3) is 3.54. The number of amides is 1. The first-order valence-electron chi connectivity index (χ1n) is 9.70. The Morgan fingerprint density at radius 3 is 2.53 bits per heavy atom. The Bertz CT molecular complexity index is 1250. The van der Waals surface area contributed by atoms with Crippen molar-refractivity contribution in [3.63, 3.8) is 0 Å². The Morgan fingerprint density at radius 2 is 1.77 bits per heavy atom. The molecule has 0 bridgehead atoms. The van der Waals surface area contributed by atoms with Crippen molar-refractivity contribution in [2.75, 3.05) is 13.2 Å². The fourth-order valence-corrected chi connectivity index (χ4v) is 4.51. The van der Waals surface area contributed by atoms with E-state index in [0.717, 1.165) is 15.8 Å². The lowest BCUT2D eigenvalue weighted by Crippen LogP contribution is -2.26. The van der Waals surface area contributed by atoms with Crippen molar-refractivity contribution in [1.82, 2.24) is 10.3 Å². The Labute approximate surface area is 178 Å². The van der Waals surface area contributed by atoms with Crippen LogP contribution < -0.4 is 5.32 Å². The third-order valence-electron chi connectivity index (χ3n) is 5.23. The Balaban J connectivity index is 1.19. The fraction of sp³-hybridized carbons (Fsp3) is 0.120. The molecular weight excluding hydrogens is 392 g/mol. The molecule has 4 aromatic rings. The van der Waals surface area contributed by atoms with E-state index in [4.69, 9.17) is 4.74 Å². The number of alkyl carbamates (subject to hydrolysis) is 1. The van der Waals surface area contributed by atoms with E-state index < -0.39 is 6.09 Å². The molecule has 1 aliphatic carbocycles. The number of carbonyl (C=O) groups excluding carboxylic acids is 1. The second-order valence-corrected chi connectivity index (χ2v) is 7.90. The standard InChI is InChI=1S/C25H18N2O2S/c28-25(26-13-5-6-17-11-12-24-23(14-17)27-16-30-24)29-15-22-20-9-3-1-7-18(20)19-8-2-4-10-21(19)22/h1-4,7-12,14,16,22H,13,15H2,(H,26,28). The van der Waals surface area contributed by atoms with Gasteiger partial charge in [0.1, 0.15) is 6.61 Å². The van der Waals surface area contributed by atoms with Gasteiger partial charge < -0.3 is 10.1 Å². The number of rotatable bonds is 3. The molecule has 1 aromatic heterocycles. The van der Waals surface area contributed by atoms with Gasteiger partial charge in [0, 0.05) is 11.5 Å². The number of aromatic nitrogens is 1. The van der Waals surface area contributed by atoms with Gasteiger partial charge in [0.05, 0.1) is 22.3 Å². The minimum Gasteiger partial charge on any atom is -0.449 e. The monoisotopic (exact) mass is 410 g/mol. The summed E-state index contributed by atoms with van der Waals surface area (Å²) in [7, 11) is 0. The predicted molar refractivity (Wildman–Crippen MR) is 120 cm³/mol. The van der Waals surface area contributed by atoms with Gasteiger partial charge in [-0.15, -0.1) is 11.3 Å². The van der Waals surface area contributed by atoms with Crippen LogP contribution in [-0.2, 0) is 4.74 Å². The summed E-state index contributed by atoms with van der Waals surface area (Å²) in [5.74, 6) is 6.07. The molecule has 0 atom stereocenters. The smallest absolute Gasteiger partial charge is 0.407 e. The van der Waals surface area contributed by atoms with Crippen molar-refractivity contribution in [3.8, 4) is 23.0 Å². The van der Waals surface area contributed by atoms with Crippen LogP contribution in [-0.4, -0.2) is 24.2 Å². The van der Waals surface area contributed by atoms with E-state index in [-0.39, 0.29) is 12.5 Å². The second kappa shape index (κ2) is 8.02. The zero-order valence-electron chi connectivity index (χ0n) is 16.1. The summed E-state index contributed by atoms with van der Waals surface area (Å²) in [6, 6.07) is 22.5. The van der Waals surface area contributed by atoms with Gasteiger partial charge in [-0.2, -0.15) is 0 Å². The molecular formula is C25H18N2O2S. The minimum absolute atomic E-state index is 0.0547. The summed E-state index contributed by atoms with van der Waals surface area (Å²) in [5.41, 5.74) is 8.46. The van der Waals surface area contributed by atoms with Crippen molar-refractivity contribution in [1.29, 1.82) is 0 Å². The van der Waals surface area contributed by atoms with Crippen LogP contribution in [0.15, 0.2) is 72.2 Å². The number of thiazole rings is 1. The minimum atomic E-state index is -0.457. The molecule has 1 N–H and O–H groups in total. The van der Waals surface area contributed by atoms with Gasteiger partial charge in [-0.3, -0.25) is 0 Å². The quantitative estimate of drug-likeness (QED) is 0.473. The number of carbonyl (C=O) groups is 1. The largest absolute Gasteiger partial charge is 0.449 e. The zero-order chi connectivity index (χ0) is 20.3. The maximum atomic E-state index is 12.2. The fourth-order valence-electron chi connectivity index (χ4n) is 3.85. The molecule has 0 spiro atoms. The molecule has 5 heteroatoms. The second-order valence-electron chi connectivity index (χ2n) is 7.02. The number of nitrogens with one attached hydrogen (secondary N) is 1. The Morgan fingerprint density at radius 1 is 1.03 bits per heavy atom. The van der Waals surface area contributed by atoms with Crippen LogP contribution in [0, 0.1) is 11.8 Å². The molecule has 0 saturated heterocycles. The molecule has 0 unspecified atom stereocenters. The number of hydrogen-bond acceptors (Lipinski definition) is 4. The lowest BCUT2D eigenvalue weighted by Gasteiger charge is -2.14. The summed E-state index contributed by atoms with van der Waals surface area (Å²) in [5, 5.41) is 2.71. The molecule has 0 aliphatic heterocycles. The first kappa shape index (κ1) is 18.4. The van der Waals surface area contributed by atoms with E-state index in [0.29, 0.717) is 6.61 Å². The van der Waals surface area contributed by atoms with Crippen molar-refractivity contribution >= 4 is 27.6 Å². The molecule has 3 aromatic carbocycles. The highest BCUT2D eigenvalue weighted by atomic mass is 32.1. The van der Waals surface area contributed by atoms with E-state index >= 15 is 0 Å². The van der Waals surface area contributed by atoms with Crippen LogP contribution in [0.25, 0.3) is 21.3 Å². The maximum Gasteiger partial charge on any atom is 0.407 e. The van der Waals surface area contributed by atoms with E-state index in [1.165, 1.54) is 22.3 Å². The van der Waals surface area contributed by atoms with E-state index in [1.54, 1.807) is 11.3 Å². The lowest BCUT2D eigenvalue weighted by molar-refractivity contribution is 0.144. The lowest BCUT2D eigenvalue weighted by atomic mass is 9.98. The normalized spacial score (nSPS) is 12.0. The summed E-state index contributed by atoms with van der Waals surface area (Å²) in [6.07, 6.45) is -0.457. The highest BCUT2D eigenvalue weighted by Gasteiger charge is 2.28. The maximum absolute atomic E-state index is 12.2. The zero-order valence-corrected chi connectivity index (χ0v) is 16.9. The molecule has 1 amide bonds. The van der Waals surface area contributed by atoms with Crippen LogP contribution >= 0.6 is 11.3 Å². The number of fused-ring (bicyclic) bond motifs is 4. The van der Waals surface area contributed by atoms with Crippen molar-refractivity contribution in [3.05, 3.63) is 88.9 Å². The van der Waals surface area contributed by atoms with Crippen LogP contribution in [0.1, 0.15) is 22.6 Å². The first-order valence-corrected chi connectivity index (χ1v) is 10.6. The number of benzene rings is 3. The van der Waals surface area contributed by atoms with Gasteiger partial charge in [0.25, 0.3) is 0 Å². The molecule has 4 nitrogen and oxygen atoms in total. The molecule has 30 heavy (non-hydrogen) atoms. The SMILES string of the molecule is O=C(NCC#Cc1ccc2scnc2c1)OCC1c2ccccc2-c2ccccc21. The van der Waals surface area contributed by atoms with E-state index in [1.807, 2.05) is 48.0 Å².